The zero-order valence-electron chi connectivity index (χ0n) is 22.6. The van der Waals surface area contributed by atoms with Crippen LogP contribution in [0.4, 0.5) is 0 Å². The number of hydrogen-bond acceptors (Lipinski definition) is 6. The van der Waals surface area contributed by atoms with Gasteiger partial charge in [-0.05, 0) is 60.2 Å². The molecule has 1 saturated heterocycles. The maximum absolute atomic E-state index is 12.7. The van der Waals surface area contributed by atoms with Gasteiger partial charge >= 0.3 is 5.97 Å². The molecular weight excluding hydrogens is 480 g/mol. The van der Waals surface area contributed by atoms with Crippen LogP contribution in [-0.4, -0.2) is 40.0 Å². The number of unbranched alkanes of at least 4 members (excludes halogenated alkanes) is 1. The van der Waals surface area contributed by atoms with E-state index in [0.717, 1.165) is 48.3 Å². The summed E-state index contributed by atoms with van der Waals surface area (Å²) in [6, 6.07) is 22.2. The Balaban J connectivity index is 1.46. The molecule has 4 rings (SSSR count). The number of cyclic esters (lactones) is 1. The molecule has 202 valence electrons. The molecule has 6 nitrogen and oxygen atoms in total. The molecule has 38 heavy (non-hydrogen) atoms. The van der Waals surface area contributed by atoms with Crippen molar-refractivity contribution in [1.82, 2.24) is 0 Å². The van der Waals surface area contributed by atoms with Crippen LogP contribution in [0.1, 0.15) is 36.5 Å². The van der Waals surface area contributed by atoms with Crippen LogP contribution in [0.5, 0.6) is 23.0 Å². The summed E-state index contributed by atoms with van der Waals surface area (Å²) < 4.78 is 28.6. The van der Waals surface area contributed by atoms with E-state index in [4.69, 9.17) is 23.7 Å². The van der Waals surface area contributed by atoms with Crippen LogP contribution in [-0.2, 0) is 28.8 Å². The maximum Gasteiger partial charge on any atom is 0.309 e. The third-order valence-corrected chi connectivity index (χ3v) is 6.97. The number of carbonyl (C=O) groups is 1. The largest absolute Gasteiger partial charge is 0.493 e. The highest BCUT2D eigenvalue weighted by atomic mass is 16.5. The molecule has 0 aliphatic carbocycles. The molecule has 1 aliphatic heterocycles. The fourth-order valence-corrected chi connectivity index (χ4v) is 4.78. The summed E-state index contributed by atoms with van der Waals surface area (Å²) in [4.78, 5) is 12.7. The van der Waals surface area contributed by atoms with Gasteiger partial charge in [0.05, 0.1) is 40.0 Å². The minimum absolute atomic E-state index is 0.0727. The maximum atomic E-state index is 12.7. The second-order valence-corrected chi connectivity index (χ2v) is 9.66. The summed E-state index contributed by atoms with van der Waals surface area (Å²) in [6.07, 6.45) is 4.16. The predicted molar refractivity (Wildman–Crippen MR) is 147 cm³/mol. The van der Waals surface area contributed by atoms with E-state index in [9.17, 15) is 4.79 Å². The van der Waals surface area contributed by atoms with E-state index >= 15 is 0 Å². The monoisotopic (exact) mass is 518 g/mol. The van der Waals surface area contributed by atoms with Gasteiger partial charge in [-0.2, -0.15) is 0 Å². The average molecular weight is 519 g/mol. The van der Waals surface area contributed by atoms with Crippen LogP contribution in [0.3, 0.4) is 0 Å². The lowest BCUT2D eigenvalue weighted by Gasteiger charge is -2.18. The molecule has 2 atom stereocenters. The summed E-state index contributed by atoms with van der Waals surface area (Å²) in [5.41, 5.74) is 3.34. The molecule has 0 bridgehead atoms. The van der Waals surface area contributed by atoms with E-state index in [0.29, 0.717) is 37.7 Å². The smallest absolute Gasteiger partial charge is 0.309 e. The lowest BCUT2D eigenvalue weighted by Crippen LogP contribution is -2.20. The molecule has 0 unspecified atom stereocenters. The molecule has 1 fully saturated rings. The first-order valence-electron chi connectivity index (χ1n) is 13.4. The minimum atomic E-state index is -0.230. The first kappa shape index (κ1) is 27.4. The first-order valence-corrected chi connectivity index (χ1v) is 13.4. The van der Waals surface area contributed by atoms with Crippen LogP contribution < -0.4 is 18.9 Å². The Hall–Kier alpha value is -3.67. The first-order chi connectivity index (χ1) is 18.6. The van der Waals surface area contributed by atoms with Gasteiger partial charge < -0.3 is 23.7 Å². The Labute approximate surface area is 225 Å². The van der Waals surface area contributed by atoms with Crippen molar-refractivity contribution in [2.24, 2.45) is 11.8 Å². The SMILES string of the molecule is CCCCOc1ccc(C[C@H]2C(=O)OC[C@@H]2Cc2ccc(OC)c(OC)c2)cc1OCCc1ccccc1. The van der Waals surface area contributed by atoms with Gasteiger partial charge in [-0.15, -0.1) is 0 Å². The number of ether oxygens (including phenoxy) is 5. The fraction of sp³-hybridized carbons (Fsp3) is 0.406. The topological polar surface area (TPSA) is 63.2 Å². The Morgan fingerprint density at radius 3 is 2.18 bits per heavy atom. The van der Waals surface area contributed by atoms with Crippen molar-refractivity contribution in [1.29, 1.82) is 0 Å². The predicted octanol–water partition coefficient (Wildman–Crippen LogP) is 6.08. The highest BCUT2D eigenvalue weighted by Crippen LogP contribution is 2.35. The molecule has 0 radical (unpaired) electrons. The van der Waals surface area contributed by atoms with Gasteiger partial charge in [0.25, 0.3) is 0 Å². The van der Waals surface area contributed by atoms with E-state index in [1.807, 2.05) is 54.6 Å². The van der Waals surface area contributed by atoms with Gasteiger partial charge in [0.2, 0.25) is 0 Å². The summed E-state index contributed by atoms with van der Waals surface area (Å²) in [7, 11) is 3.25. The second kappa shape index (κ2) is 13.8. The quantitative estimate of drug-likeness (QED) is 0.190. The highest BCUT2D eigenvalue weighted by Gasteiger charge is 2.37. The highest BCUT2D eigenvalue weighted by molar-refractivity contribution is 5.75. The molecule has 6 heteroatoms. The van der Waals surface area contributed by atoms with Crippen molar-refractivity contribution < 1.29 is 28.5 Å². The van der Waals surface area contributed by atoms with Gasteiger partial charge in [-0.1, -0.05) is 55.8 Å². The summed E-state index contributed by atoms with van der Waals surface area (Å²) in [5, 5.41) is 0. The van der Waals surface area contributed by atoms with Crippen LogP contribution in [0, 0.1) is 11.8 Å². The molecule has 1 aliphatic rings. The summed E-state index contributed by atoms with van der Waals surface area (Å²) in [6.45, 7) is 3.75. The molecule has 1 heterocycles. The zero-order valence-corrected chi connectivity index (χ0v) is 22.6. The Morgan fingerprint density at radius 1 is 0.763 bits per heavy atom. The van der Waals surface area contributed by atoms with Crippen molar-refractivity contribution in [3.8, 4) is 23.0 Å². The van der Waals surface area contributed by atoms with E-state index < -0.39 is 0 Å². The summed E-state index contributed by atoms with van der Waals surface area (Å²) in [5.74, 6) is 2.53. The average Bonchev–Trinajstić information content (AvgIpc) is 3.28. The lowest BCUT2D eigenvalue weighted by atomic mass is 9.85. The van der Waals surface area contributed by atoms with Crippen molar-refractivity contribution >= 4 is 5.97 Å². The molecule has 0 amide bonds. The number of hydrogen-bond donors (Lipinski definition) is 0. The number of methoxy groups -OCH3 is 2. The van der Waals surface area contributed by atoms with Crippen molar-refractivity contribution in [3.05, 3.63) is 83.4 Å². The number of esters is 1. The zero-order chi connectivity index (χ0) is 26.7. The van der Waals surface area contributed by atoms with Crippen LogP contribution in [0.15, 0.2) is 66.7 Å². The third kappa shape index (κ3) is 7.21. The lowest BCUT2D eigenvalue weighted by molar-refractivity contribution is -0.141. The second-order valence-electron chi connectivity index (χ2n) is 9.66. The van der Waals surface area contributed by atoms with Crippen molar-refractivity contribution in [2.75, 3.05) is 34.0 Å². The summed E-state index contributed by atoms with van der Waals surface area (Å²) >= 11 is 0. The fourth-order valence-electron chi connectivity index (χ4n) is 4.78. The molecule has 0 N–H and O–H groups in total. The van der Waals surface area contributed by atoms with Crippen molar-refractivity contribution in [2.45, 2.75) is 39.0 Å². The van der Waals surface area contributed by atoms with Crippen LogP contribution >= 0.6 is 0 Å². The molecule has 0 saturated carbocycles. The van der Waals surface area contributed by atoms with Crippen molar-refractivity contribution in [3.63, 3.8) is 0 Å². The normalized spacial score (nSPS) is 16.7. The number of benzene rings is 3. The van der Waals surface area contributed by atoms with Gasteiger partial charge in [-0.25, -0.2) is 0 Å². The van der Waals surface area contributed by atoms with E-state index in [1.54, 1.807) is 14.2 Å². The molecule has 3 aromatic carbocycles. The Bertz CT molecular complexity index is 1180. The van der Waals surface area contributed by atoms with Crippen LogP contribution in [0.2, 0.25) is 0 Å². The van der Waals surface area contributed by atoms with Gasteiger partial charge in [0.15, 0.2) is 23.0 Å². The van der Waals surface area contributed by atoms with Gasteiger partial charge in [-0.3, -0.25) is 4.79 Å². The Kier molecular flexibility index (Phi) is 9.90. The van der Waals surface area contributed by atoms with Crippen LogP contribution in [0.25, 0.3) is 0 Å². The molecule has 3 aromatic rings. The minimum Gasteiger partial charge on any atom is -0.493 e. The number of carbonyl (C=O) groups excluding carboxylic acids is 1. The standard InChI is InChI=1S/C32H38O6/c1-4-5-16-36-29-14-12-25(21-31(29)37-17-15-23-9-7-6-8-10-23)19-27-26(22-38-32(27)33)18-24-11-13-28(34-2)30(20-24)35-3/h6-14,20-21,26-27H,4-5,15-19,22H2,1-3H3/t26-,27+/m0/s1. The van der Waals surface area contributed by atoms with E-state index in [2.05, 4.69) is 19.1 Å². The third-order valence-electron chi connectivity index (χ3n) is 6.97. The van der Waals surface area contributed by atoms with E-state index in [-0.39, 0.29) is 17.8 Å². The molecular formula is C32H38O6. The number of rotatable bonds is 14. The van der Waals surface area contributed by atoms with Gasteiger partial charge in [0.1, 0.15) is 0 Å². The molecule has 0 aromatic heterocycles. The molecule has 0 spiro atoms. The van der Waals surface area contributed by atoms with E-state index in [1.165, 1.54) is 5.56 Å². The Morgan fingerprint density at radius 2 is 1.45 bits per heavy atom. The van der Waals surface area contributed by atoms with Gasteiger partial charge in [0, 0.05) is 12.3 Å².